The molecule has 0 radical (unpaired) electrons. The molecule has 1 heterocycles. The van der Waals surface area contributed by atoms with Crippen molar-refractivity contribution in [2.75, 3.05) is 14.2 Å². The number of esters is 1. The van der Waals surface area contributed by atoms with Crippen LogP contribution in [0.5, 0.6) is 11.5 Å². The van der Waals surface area contributed by atoms with E-state index in [1.165, 1.54) is 13.3 Å². The van der Waals surface area contributed by atoms with Gasteiger partial charge in [0, 0.05) is 11.5 Å². The Kier molecular flexibility index (Phi) is 2.82. The third kappa shape index (κ3) is 1.87. The van der Waals surface area contributed by atoms with Crippen LogP contribution in [0, 0.1) is 0 Å². The Morgan fingerprint density at radius 2 is 2.12 bits per heavy atom. The summed E-state index contributed by atoms with van der Waals surface area (Å²) in [5, 5.41) is 10.2. The number of hydrogen-bond acceptors (Lipinski definition) is 5. The van der Waals surface area contributed by atoms with Crippen LogP contribution >= 0.6 is 0 Å². The first-order valence-electron chi connectivity index (χ1n) is 4.91. The third-order valence-corrected chi connectivity index (χ3v) is 2.45. The monoisotopic (exact) mass is 233 g/mol. The number of aromatic hydroxyl groups is 1. The van der Waals surface area contributed by atoms with Crippen molar-refractivity contribution in [2.45, 2.75) is 0 Å². The number of nitrogens with zero attached hydrogens (tertiary/aromatic N) is 1. The van der Waals surface area contributed by atoms with E-state index in [9.17, 15) is 9.90 Å². The Hall–Kier alpha value is -2.30. The number of methoxy groups -OCH3 is 2. The van der Waals surface area contributed by atoms with Crippen molar-refractivity contribution in [1.29, 1.82) is 0 Å². The van der Waals surface area contributed by atoms with Crippen LogP contribution in [-0.4, -0.2) is 30.3 Å². The van der Waals surface area contributed by atoms with Gasteiger partial charge in [0.15, 0.2) is 0 Å². The maximum Gasteiger partial charge on any atom is 0.342 e. The van der Waals surface area contributed by atoms with Gasteiger partial charge in [-0.3, -0.25) is 4.98 Å². The number of carbonyl (C=O) groups is 1. The van der Waals surface area contributed by atoms with Crippen molar-refractivity contribution in [3.05, 3.63) is 30.0 Å². The van der Waals surface area contributed by atoms with Crippen LogP contribution in [0.3, 0.4) is 0 Å². The molecule has 5 nitrogen and oxygen atoms in total. The summed E-state index contributed by atoms with van der Waals surface area (Å²) in [5.74, 6) is -0.166. The number of pyridine rings is 1. The molecule has 0 spiro atoms. The number of carbonyl (C=O) groups excluding carboxylic acids is 1. The Bertz CT molecular complexity index is 580. The summed E-state index contributed by atoms with van der Waals surface area (Å²) in [6.45, 7) is 0. The molecule has 0 unspecified atom stereocenters. The highest BCUT2D eigenvalue weighted by Gasteiger charge is 2.16. The van der Waals surface area contributed by atoms with Crippen molar-refractivity contribution in [3.63, 3.8) is 0 Å². The van der Waals surface area contributed by atoms with Crippen LogP contribution < -0.4 is 4.74 Å². The fraction of sp³-hybridized carbons (Fsp3) is 0.167. The summed E-state index contributed by atoms with van der Waals surface area (Å²) < 4.78 is 9.68. The molecule has 0 atom stereocenters. The maximum atomic E-state index is 11.6. The Labute approximate surface area is 97.6 Å². The number of ether oxygens (including phenoxy) is 2. The van der Waals surface area contributed by atoms with Crippen LogP contribution in [0.1, 0.15) is 10.4 Å². The van der Waals surface area contributed by atoms with Gasteiger partial charge in [-0.2, -0.15) is 0 Å². The van der Waals surface area contributed by atoms with Crippen LogP contribution in [0.2, 0.25) is 0 Å². The molecule has 2 aromatic rings. The highest BCUT2D eigenvalue weighted by atomic mass is 16.5. The summed E-state index contributed by atoms with van der Waals surface area (Å²) in [7, 11) is 2.81. The van der Waals surface area contributed by atoms with Crippen LogP contribution in [0.25, 0.3) is 10.9 Å². The first-order valence-corrected chi connectivity index (χ1v) is 4.91. The van der Waals surface area contributed by atoms with Gasteiger partial charge in [0.05, 0.1) is 25.9 Å². The maximum absolute atomic E-state index is 11.6. The van der Waals surface area contributed by atoms with Gasteiger partial charge in [-0.25, -0.2) is 4.79 Å². The molecule has 1 aromatic heterocycles. The minimum atomic E-state index is -0.597. The minimum absolute atomic E-state index is 0.111. The van der Waals surface area contributed by atoms with E-state index in [2.05, 4.69) is 9.72 Å². The second-order valence-electron chi connectivity index (χ2n) is 3.39. The predicted molar refractivity (Wildman–Crippen MR) is 61.3 cm³/mol. The van der Waals surface area contributed by atoms with Crippen molar-refractivity contribution in [1.82, 2.24) is 4.98 Å². The lowest BCUT2D eigenvalue weighted by Crippen LogP contribution is -2.03. The summed E-state index contributed by atoms with van der Waals surface area (Å²) in [5.41, 5.74) is 0.669. The molecule has 5 heteroatoms. The number of hydrogen-bond donors (Lipinski definition) is 1. The molecule has 2 rings (SSSR count). The molecule has 17 heavy (non-hydrogen) atoms. The van der Waals surface area contributed by atoms with Gasteiger partial charge < -0.3 is 14.6 Å². The van der Waals surface area contributed by atoms with E-state index < -0.39 is 5.97 Å². The van der Waals surface area contributed by atoms with Crippen molar-refractivity contribution >= 4 is 16.9 Å². The smallest absolute Gasteiger partial charge is 0.342 e. The van der Waals surface area contributed by atoms with Crippen molar-refractivity contribution in [2.24, 2.45) is 0 Å². The van der Waals surface area contributed by atoms with E-state index in [4.69, 9.17) is 4.74 Å². The lowest BCUT2D eigenvalue weighted by Gasteiger charge is -2.07. The van der Waals surface area contributed by atoms with Crippen LogP contribution in [0.4, 0.5) is 0 Å². The summed E-state index contributed by atoms with van der Waals surface area (Å²) in [6.07, 6.45) is 1.22. The lowest BCUT2D eigenvalue weighted by molar-refractivity contribution is 0.0599. The van der Waals surface area contributed by atoms with E-state index in [0.29, 0.717) is 16.7 Å². The molecule has 0 aliphatic heterocycles. The molecule has 0 aliphatic carbocycles. The fourth-order valence-corrected chi connectivity index (χ4v) is 1.61. The molecule has 88 valence electrons. The average molecular weight is 233 g/mol. The van der Waals surface area contributed by atoms with Crippen molar-refractivity contribution < 1.29 is 19.4 Å². The fourth-order valence-electron chi connectivity index (χ4n) is 1.61. The molecule has 0 aliphatic rings. The Morgan fingerprint density at radius 1 is 1.35 bits per heavy atom. The van der Waals surface area contributed by atoms with Gasteiger partial charge in [-0.15, -0.1) is 0 Å². The molecular weight excluding hydrogens is 222 g/mol. The molecule has 0 amide bonds. The summed E-state index contributed by atoms with van der Waals surface area (Å²) in [4.78, 5) is 15.6. The first-order chi connectivity index (χ1) is 8.17. The van der Waals surface area contributed by atoms with Crippen LogP contribution in [-0.2, 0) is 4.74 Å². The van der Waals surface area contributed by atoms with Gasteiger partial charge in [0.25, 0.3) is 0 Å². The zero-order chi connectivity index (χ0) is 12.4. The molecule has 0 saturated heterocycles. The zero-order valence-corrected chi connectivity index (χ0v) is 9.43. The third-order valence-electron chi connectivity index (χ3n) is 2.45. The van der Waals surface area contributed by atoms with Gasteiger partial charge in [-0.05, 0) is 12.1 Å². The van der Waals surface area contributed by atoms with Gasteiger partial charge >= 0.3 is 5.97 Å². The molecule has 0 fully saturated rings. The Morgan fingerprint density at radius 3 is 2.76 bits per heavy atom. The predicted octanol–water partition coefficient (Wildman–Crippen LogP) is 1.74. The number of fused-ring (bicyclic) bond motifs is 1. The molecule has 0 saturated carbocycles. The largest absolute Gasteiger partial charge is 0.505 e. The molecule has 1 aromatic carbocycles. The summed E-state index contributed by atoms with van der Waals surface area (Å²) >= 11 is 0. The number of aromatic nitrogens is 1. The van der Waals surface area contributed by atoms with E-state index in [1.54, 1.807) is 25.3 Å². The lowest BCUT2D eigenvalue weighted by atomic mass is 10.1. The first kappa shape index (κ1) is 11.2. The van der Waals surface area contributed by atoms with Crippen molar-refractivity contribution in [3.8, 4) is 11.5 Å². The topological polar surface area (TPSA) is 68.7 Å². The normalized spacial score (nSPS) is 10.2. The van der Waals surface area contributed by atoms with Gasteiger partial charge in [-0.1, -0.05) is 0 Å². The number of benzene rings is 1. The molecular formula is C12H11NO4. The summed E-state index contributed by atoms with van der Waals surface area (Å²) in [6, 6.07) is 5.03. The Balaban J connectivity index is 2.73. The SMILES string of the molecule is COC(=O)c1c(O)cnc2cc(OC)ccc12. The van der Waals surface area contributed by atoms with E-state index in [1.807, 2.05) is 0 Å². The minimum Gasteiger partial charge on any atom is -0.505 e. The quantitative estimate of drug-likeness (QED) is 0.800. The molecule has 0 bridgehead atoms. The standard InChI is InChI=1S/C12H11NO4/c1-16-7-3-4-8-9(5-7)13-6-10(14)11(8)12(15)17-2/h3-6,14H,1-2H3. The second-order valence-corrected chi connectivity index (χ2v) is 3.39. The van der Waals surface area contributed by atoms with Gasteiger partial charge in [0.1, 0.15) is 17.1 Å². The highest BCUT2D eigenvalue weighted by molar-refractivity contribution is 6.05. The van der Waals surface area contributed by atoms with E-state index >= 15 is 0 Å². The van der Waals surface area contributed by atoms with E-state index in [0.717, 1.165) is 0 Å². The highest BCUT2D eigenvalue weighted by Crippen LogP contribution is 2.28. The number of rotatable bonds is 2. The average Bonchev–Trinajstić information content (AvgIpc) is 2.37. The molecule has 1 N–H and O–H groups in total. The van der Waals surface area contributed by atoms with E-state index in [-0.39, 0.29) is 11.3 Å². The zero-order valence-electron chi connectivity index (χ0n) is 9.43. The van der Waals surface area contributed by atoms with Gasteiger partial charge in [0.2, 0.25) is 0 Å². The second kappa shape index (κ2) is 4.29. The van der Waals surface area contributed by atoms with Crippen LogP contribution in [0.15, 0.2) is 24.4 Å².